The maximum atomic E-state index is 13.7. The number of para-hydroxylation sites is 1. The Kier molecular flexibility index (Phi) is 6.73. The van der Waals surface area contributed by atoms with Crippen molar-refractivity contribution in [2.75, 3.05) is 18.1 Å². The van der Waals surface area contributed by atoms with Gasteiger partial charge in [0.25, 0.3) is 5.91 Å². The largest absolute Gasteiger partial charge is 0.490 e. The van der Waals surface area contributed by atoms with Crippen molar-refractivity contribution in [2.24, 2.45) is 0 Å². The smallest absolute Gasteiger partial charge is 0.297 e. The first kappa shape index (κ1) is 24.0. The van der Waals surface area contributed by atoms with Crippen LogP contribution in [0.3, 0.4) is 0 Å². The fourth-order valence-electron chi connectivity index (χ4n) is 4.43. The Labute approximate surface area is 212 Å². The standard InChI is InChI=1S/C27H27N3O5S/c1-4-6-9-14-34-20-13-12-17(15-21(20)33-5-2)23-22-24(31)18-10-7-8-11-19(18)35-25(22)26(32)30(23)27-29-28-16(3)36-27/h7-8,10-13,15,23H,4-6,9,14H2,1-3H3. The van der Waals surface area contributed by atoms with Crippen molar-refractivity contribution in [3.8, 4) is 11.5 Å². The quantitative estimate of drug-likeness (QED) is 0.271. The number of aromatic nitrogens is 2. The molecule has 0 saturated heterocycles. The molecule has 186 valence electrons. The summed E-state index contributed by atoms with van der Waals surface area (Å²) in [4.78, 5) is 28.8. The number of benzene rings is 2. The minimum Gasteiger partial charge on any atom is -0.490 e. The van der Waals surface area contributed by atoms with Gasteiger partial charge in [-0.25, -0.2) is 0 Å². The molecule has 1 unspecified atom stereocenters. The van der Waals surface area contributed by atoms with E-state index in [1.165, 1.54) is 16.2 Å². The number of anilines is 1. The van der Waals surface area contributed by atoms with E-state index in [1.54, 1.807) is 24.3 Å². The van der Waals surface area contributed by atoms with E-state index >= 15 is 0 Å². The molecule has 0 spiro atoms. The number of hydrogen-bond acceptors (Lipinski definition) is 8. The topological polar surface area (TPSA) is 94.8 Å². The molecular formula is C27H27N3O5S. The van der Waals surface area contributed by atoms with Crippen LogP contribution < -0.4 is 19.8 Å². The number of ether oxygens (including phenoxy) is 2. The molecule has 36 heavy (non-hydrogen) atoms. The summed E-state index contributed by atoms with van der Waals surface area (Å²) in [5.41, 5.74) is 1.11. The fourth-order valence-corrected chi connectivity index (χ4v) is 5.15. The lowest BCUT2D eigenvalue weighted by atomic mass is 9.98. The predicted octanol–water partition coefficient (Wildman–Crippen LogP) is 5.67. The lowest BCUT2D eigenvalue weighted by molar-refractivity contribution is 0.0970. The summed E-state index contributed by atoms with van der Waals surface area (Å²) in [6, 6.07) is 11.7. The van der Waals surface area contributed by atoms with Gasteiger partial charge in [-0.2, -0.15) is 0 Å². The van der Waals surface area contributed by atoms with Gasteiger partial charge in [0.05, 0.1) is 30.2 Å². The average molecular weight is 506 g/mol. The first-order valence-corrected chi connectivity index (χ1v) is 12.9. The van der Waals surface area contributed by atoms with Gasteiger partial charge in [-0.15, -0.1) is 10.2 Å². The van der Waals surface area contributed by atoms with Crippen LogP contribution in [-0.2, 0) is 0 Å². The third-order valence-electron chi connectivity index (χ3n) is 6.09. The number of amides is 1. The molecule has 5 rings (SSSR count). The highest BCUT2D eigenvalue weighted by Crippen LogP contribution is 2.44. The second-order valence-electron chi connectivity index (χ2n) is 8.55. The number of fused-ring (bicyclic) bond motifs is 2. The third-order valence-corrected chi connectivity index (χ3v) is 6.93. The van der Waals surface area contributed by atoms with E-state index in [1.807, 2.05) is 32.0 Å². The van der Waals surface area contributed by atoms with Crippen LogP contribution in [0.2, 0.25) is 0 Å². The molecule has 4 aromatic rings. The Balaban J connectivity index is 1.65. The highest BCUT2D eigenvalue weighted by Gasteiger charge is 2.45. The summed E-state index contributed by atoms with van der Waals surface area (Å²) >= 11 is 1.28. The van der Waals surface area contributed by atoms with Crippen molar-refractivity contribution in [1.29, 1.82) is 0 Å². The molecule has 0 saturated carbocycles. The van der Waals surface area contributed by atoms with E-state index in [9.17, 15) is 9.59 Å². The van der Waals surface area contributed by atoms with E-state index in [4.69, 9.17) is 13.9 Å². The van der Waals surface area contributed by atoms with Crippen LogP contribution in [0, 0.1) is 6.92 Å². The average Bonchev–Trinajstić information content (AvgIpc) is 3.43. The van der Waals surface area contributed by atoms with E-state index in [2.05, 4.69) is 17.1 Å². The number of carbonyl (C=O) groups excluding carboxylic acids is 1. The van der Waals surface area contributed by atoms with Crippen LogP contribution in [-0.4, -0.2) is 29.3 Å². The van der Waals surface area contributed by atoms with Crippen LogP contribution >= 0.6 is 11.3 Å². The molecule has 2 aromatic heterocycles. The molecular weight excluding hydrogens is 478 g/mol. The van der Waals surface area contributed by atoms with E-state index in [0.29, 0.717) is 51.4 Å². The van der Waals surface area contributed by atoms with Crippen molar-refractivity contribution in [1.82, 2.24) is 10.2 Å². The van der Waals surface area contributed by atoms with Crippen LogP contribution in [0.15, 0.2) is 51.7 Å². The highest BCUT2D eigenvalue weighted by molar-refractivity contribution is 7.15. The Bertz CT molecular complexity index is 1480. The van der Waals surface area contributed by atoms with Gasteiger partial charge in [0.2, 0.25) is 10.9 Å². The lowest BCUT2D eigenvalue weighted by Gasteiger charge is -2.23. The minimum atomic E-state index is -0.742. The lowest BCUT2D eigenvalue weighted by Crippen LogP contribution is -2.29. The van der Waals surface area contributed by atoms with Crippen LogP contribution in [0.4, 0.5) is 5.13 Å². The number of unbranched alkanes of at least 4 members (excludes halogenated alkanes) is 2. The molecule has 0 radical (unpaired) electrons. The number of hydrogen-bond donors (Lipinski definition) is 0. The maximum absolute atomic E-state index is 13.7. The van der Waals surface area contributed by atoms with E-state index < -0.39 is 11.9 Å². The van der Waals surface area contributed by atoms with Crippen molar-refractivity contribution >= 4 is 33.3 Å². The Hall–Kier alpha value is -3.72. The number of nitrogens with zero attached hydrogens (tertiary/aromatic N) is 3. The summed E-state index contributed by atoms with van der Waals surface area (Å²) in [6.07, 6.45) is 3.14. The van der Waals surface area contributed by atoms with Gasteiger partial charge >= 0.3 is 0 Å². The Morgan fingerprint density at radius 1 is 1.03 bits per heavy atom. The van der Waals surface area contributed by atoms with Crippen molar-refractivity contribution < 1.29 is 18.7 Å². The van der Waals surface area contributed by atoms with Crippen LogP contribution in [0.5, 0.6) is 11.5 Å². The maximum Gasteiger partial charge on any atom is 0.297 e. The third kappa shape index (κ3) is 4.24. The SMILES string of the molecule is CCCCCOc1ccc(C2c3c(oc4ccccc4c3=O)C(=O)N2c2nnc(C)s2)cc1OCC. The van der Waals surface area contributed by atoms with Gasteiger partial charge in [0, 0.05) is 0 Å². The molecule has 3 heterocycles. The Morgan fingerprint density at radius 3 is 2.61 bits per heavy atom. The summed E-state index contributed by atoms with van der Waals surface area (Å²) in [7, 11) is 0. The molecule has 8 nitrogen and oxygen atoms in total. The zero-order chi connectivity index (χ0) is 25.2. The zero-order valence-corrected chi connectivity index (χ0v) is 21.3. The van der Waals surface area contributed by atoms with Crippen molar-refractivity contribution in [3.63, 3.8) is 0 Å². The summed E-state index contributed by atoms with van der Waals surface area (Å²) in [5, 5.41) is 9.84. The first-order chi connectivity index (χ1) is 17.5. The monoisotopic (exact) mass is 505 g/mol. The summed E-state index contributed by atoms with van der Waals surface area (Å²) < 4.78 is 17.9. The van der Waals surface area contributed by atoms with E-state index in [0.717, 1.165) is 19.3 Å². The van der Waals surface area contributed by atoms with Crippen LogP contribution in [0.25, 0.3) is 11.0 Å². The second kappa shape index (κ2) is 10.1. The van der Waals surface area contributed by atoms with Gasteiger partial charge < -0.3 is 13.9 Å². The highest BCUT2D eigenvalue weighted by atomic mass is 32.1. The first-order valence-electron chi connectivity index (χ1n) is 12.1. The van der Waals surface area contributed by atoms with Gasteiger partial charge in [-0.3, -0.25) is 14.5 Å². The van der Waals surface area contributed by atoms with Crippen LogP contribution in [0.1, 0.15) is 65.8 Å². The normalized spacial score (nSPS) is 14.9. The predicted molar refractivity (Wildman–Crippen MR) is 138 cm³/mol. The summed E-state index contributed by atoms with van der Waals surface area (Å²) in [6.45, 7) is 6.90. The molecule has 0 aliphatic carbocycles. The molecule has 1 atom stereocenters. The van der Waals surface area contributed by atoms with Gasteiger partial charge in [0.15, 0.2) is 16.9 Å². The summed E-state index contributed by atoms with van der Waals surface area (Å²) in [5.74, 6) is 0.789. The number of aryl methyl sites for hydroxylation is 1. The zero-order valence-electron chi connectivity index (χ0n) is 20.4. The second-order valence-corrected chi connectivity index (χ2v) is 9.71. The van der Waals surface area contributed by atoms with Gasteiger partial charge in [0.1, 0.15) is 10.6 Å². The molecule has 1 aliphatic rings. The van der Waals surface area contributed by atoms with E-state index in [-0.39, 0.29) is 16.8 Å². The minimum absolute atomic E-state index is 0.0226. The number of rotatable bonds is 9. The molecule has 0 fully saturated rings. The molecule has 1 aliphatic heterocycles. The molecule has 9 heteroatoms. The molecule has 0 N–H and O–H groups in total. The Morgan fingerprint density at radius 2 is 1.86 bits per heavy atom. The fraction of sp³-hybridized carbons (Fsp3) is 0.333. The van der Waals surface area contributed by atoms with Crippen molar-refractivity contribution in [2.45, 2.75) is 46.1 Å². The molecule has 2 aromatic carbocycles. The molecule has 0 bridgehead atoms. The molecule has 1 amide bonds. The van der Waals surface area contributed by atoms with Crippen molar-refractivity contribution in [3.05, 3.63) is 74.6 Å². The van der Waals surface area contributed by atoms with Gasteiger partial charge in [-0.1, -0.05) is 49.3 Å². The number of carbonyl (C=O) groups is 1. The van der Waals surface area contributed by atoms with Gasteiger partial charge in [-0.05, 0) is 50.1 Å².